The fourth-order valence-electron chi connectivity index (χ4n) is 3.45. The third-order valence-corrected chi connectivity index (χ3v) is 10.2. The molecule has 4 aromatic rings. The first-order valence-electron chi connectivity index (χ1n) is 11.3. The normalized spacial score (nSPS) is 9.54. The van der Waals surface area contributed by atoms with E-state index in [0.717, 1.165) is 0 Å². The third kappa shape index (κ3) is 10.8. The second-order valence-corrected chi connectivity index (χ2v) is 11.9. The third-order valence-electron chi connectivity index (χ3n) is 4.82. The van der Waals surface area contributed by atoms with Gasteiger partial charge in [-0.25, -0.2) is 39.2 Å². The summed E-state index contributed by atoms with van der Waals surface area (Å²) in [6.45, 7) is 13.0. The van der Waals surface area contributed by atoms with Crippen molar-refractivity contribution >= 4 is 37.1 Å². The smallest absolute Gasteiger partial charge is 0.245 e. The minimum Gasteiger partial charge on any atom is -0.245 e. The average Bonchev–Trinajstić information content (AvgIpc) is 2.90. The predicted molar refractivity (Wildman–Crippen MR) is 159 cm³/mol. The molecule has 0 aromatic heterocycles. The van der Waals surface area contributed by atoms with E-state index >= 15 is 0 Å². The van der Waals surface area contributed by atoms with Gasteiger partial charge in [0.2, 0.25) is 0 Å². The summed E-state index contributed by atoms with van der Waals surface area (Å²) in [6.07, 6.45) is 5.41. The molecule has 0 heterocycles. The van der Waals surface area contributed by atoms with Crippen LogP contribution in [0.25, 0.3) is 0 Å². The molecule has 4 rings (SSSR count). The maximum absolute atomic E-state index is 3.25. The van der Waals surface area contributed by atoms with Gasteiger partial charge in [0, 0.05) is 0 Å². The van der Waals surface area contributed by atoms with Crippen LogP contribution in [0.4, 0.5) is 0 Å². The van der Waals surface area contributed by atoms with Gasteiger partial charge in [0.05, 0.1) is 0 Å². The van der Waals surface area contributed by atoms with Crippen molar-refractivity contribution in [2.45, 2.75) is 0 Å². The molecular weight excluding hydrogens is 641 g/mol. The molecular formula is C32H34P2Pt. The van der Waals surface area contributed by atoms with Crippen LogP contribution >= 0.6 is 15.8 Å². The van der Waals surface area contributed by atoms with Crippen molar-refractivity contribution in [1.29, 1.82) is 0 Å². The summed E-state index contributed by atoms with van der Waals surface area (Å²) in [5.74, 6) is 0. The van der Waals surface area contributed by atoms with Gasteiger partial charge in [-0.2, -0.15) is 0 Å². The molecule has 3 heteroatoms. The zero-order chi connectivity index (χ0) is 24.4. The molecule has 0 saturated heterocycles. The average molecular weight is 676 g/mol. The Morgan fingerprint density at radius 2 is 0.629 bits per heavy atom. The standard InChI is InChI=1S/C26H24P2.2C3H5.Pt/c1-5-13-23(14-6-1)27(24-15-7-2-8-16-24)21-22-28(25-17-9-3-10-18-25)26-19-11-4-12-20-26;2*1-3-2;/h1-20H,21-22H2;2*3H,1-2H2;/q;2*-1;+2. The van der Waals surface area contributed by atoms with E-state index in [0.29, 0.717) is 0 Å². The molecule has 0 fully saturated rings. The molecule has 0 unspecified atom stereocenters. The fourth-order valence-corrected chi connectivity index (χ4v) is 8.80. The van der Waals surface area contributed by atoms with Gasteiger partial charge in [-0.05, 0) is 49.4 Å². The first-order chi connectivity index (χ1) is 16.7. The van der Waals surface area contributed by atoms with E-state index < -0.39 is 0 Å². The van der Waals surface area contributed by atoms with Crippen LogP contribution in [0.2, 0.25) is 0 Å². The quantitative estimate of drug-likeness (QED) is 0.143. The van der Waals surface area contributed by atoms with Gasteiger partial charge in [0.1, 0.15) is 0 Å². The number of benzene rings is 4. The van der Waals surface area contributed by atoms with Crippen molar-refractivity contribution in [2.75, 3.05) is 12.3 Å². The van der Waals surface area contributed by atoms with Crippen LogP contribution in [0, 0.1) is 13.8 Å². The van der Waals surface area contributed by atoms with E-state index in [4.69, 9.17) is 0 Å². The van der Waals surface area contributed by atoms with Gasteiger partial charge in [0.15, 0.2) is 0 Å². The van der Waals surface area contributed by atoms with Crippen molar-refractivity contribution in [2.24, 2.45) is 0 Å². The molecule has 0 N–H and O–H groups in total. The van der Waals surface area contributed by atoms with Crippen LogP contribution in [0.1, 0.15) is 0 Å². The summed E-state index contributed by atoms with van der Waals surface area (Å²) in [5, 5.41) is 5.89. The first kappa shape index (κ1) is 30.7. The molecule has 0 aliphatic rings. The van der Waals surface area contributed by atoms with E-state index in [9.17, 15) is 0 Å². The summed E-state index contributed by atoms with van der Waals surface area (Å²) in [6, 6.07) is 44.2. The molecule has 0 bridgehead atoms. The minimum atomic E-state index is -0.348. The van der Waals surface area contributed by atoms with Gasteiger partial charge < -0.3 is 0 Å². The van der Waals surface area contributed by atoms with Gasteiger partial charge in [-0.3, -0.25) is 0 Å². The van der Waals surface area contributed by atoms with Crippen LogP contribution < -0.4 is 21.2 Å². The molecule has 0 amide bonds. The van der Waals surface area contributed by atoms with Gasteiger partial charge in [-0.1, -0.05) is 121 Å². The van der Waals surface area contributed by atoms with E-state index in [1.165, 1.54) is 45.7 Å². The van der Waals surface area contributed by atoms with Crippen LogP contribution in [0.15, 0.2) is 147 Å². The Labute approximate surface area is 230 Å². The van der Waals surface area contributed by atoms with Gasteiger partial charge >= 0.3 is 21.1 Å². The Morgan fingerprint density at radius 3 is 0.800 bits per heavy atom. The first-order valence-corrected chi connectivity index (χ1v) is 14.4. The summed E-state index contributed by atoms with van der Waals surface area (Å²) in [5.41, 5.74) is 0. The van der Waals surface area contributed by atoms with Crippen molar-refractivity contribution in [1.82, 2.24) is 0 Å². The summed E-state index contributed by atoms with van der Waals surface area (Å²) in [4.78, 5) is 0. The van der Waals surface area contributed by atoms with Gasteiger partial charge in [0.25, 0.3) is 0 Å². The Balaban J connectivity index is 0.000000797. The molecule has 0 atom stereocenters. The Bertz CT molecular complexity index is 884. The van der Waals surface area contributed by atoms with Crippen molar-refractivity contribution in [3.05, 3.63) is 160 Å². The fraction of sp³-hybridized carbons (Fsp3) is 0.0625. The molecule has 4 aromatic carbocycles. The molecule has 0 nitrogen and oxygen atoms in total. The molecule has 182 valence electrons. The maximum Gasteiger partial charge on any atom is 2.00 e. The Hall–Kier alpha value is -2.35. The summed E-state index contributed by atoms with van der Waals surface area (Å²) < 4.78 is 0. The van der Waals surface area contributed by atoms with E-state index in [-0.39, 0.29) is 36.9 Å². The molecule has 0 saturated carbocycles. The Morgan fingerprint density at radius 1 is 0.457 bits per heavy atom. The van der Waals surface area contributed by atoms with Crippen molar-refractivity contribution in [3.63, 3.8) is 0 Å². The van der Waals surface area contributed by atoms with Gasteiger partial charge in [-0.15, -0.1) is 0 Å². The van der Waals surface area contributed by atoms with Crippen LogP contribution in [0.5, 0.6) is 0 Å². The second-order valence-electron chi connectivity index (χ2n) is 7.22. The van der Waals surface area contributed by atoms with E-state index in [2.05, 4.69) is 148 Å². The summed E-state index contributed by atoms with van der Waals surface area (Å²) in [7, 11) is -0.696. The van der Waals surface area contributed by atoms with Crippen LogP contribution in [-0.4, -0.2) is 12.3 Å². The zero-order valence-corrected chi connectivity index (χ0v) is 24.2. The van der Waals surface area contributed by atoms with Crippen LogP contribution in [-0.2, 0) is 21.1 Å². The molecule has 0 aliphatic heterocycles. The van der Waals surface area contributed by atoms with Crippen molar-refractivity contribution < 1.29 is 21.1 Å². The predicted octanol–water partition coefficient (Wildman–Crippen LogP) is 7.26. The van der Waals surface area contributed by atoms with E-state index in [1.807, 2.05) is 0 Å². The second kappa shape index (κ2) is 18.9. The Kier molecular flexibility index (Phi) is 16.6. The van der Waals surface area contributed by atoms with Crippen LogP contribution in [0.3, 0.4) is 0 Å². The number of hydrogen-bond donors (Lipinski definition) is 0. The topological polar surface area (TPSA) is 0 Å². The molecule has 0 spiro atoms. The number of rotatable bonds is 7. The molecule has 0 aliphatic carbocycles. The summed E-state index contributed by atoms with van der Waals surface area (Å²) >= 11 is 0. The van der Waals surface area contributed by atoms with E-state index in [1.54, 1.807) is 0 Å². The van der Waals surface area contributed by atoms with Crippen molar-refractivity contribution in [3.8, 4) is 0 Å². The maximum atomic E-state index is 3.25. The zero-order valence-electron chi connectivity index (χ0n) is 20.2. The number of hydrogen-bond acceptors (Lipinski definition) is 0. The SMILES string of the molecule is C=C[CH2-].C=C[CH2-].[Pt+2].c1ccc(P(CCP(c2ccccc2)c2ccccc2)c2ccccc2)cc1. The monoisotopic (exact) mass is 675 g/mol. The largest absolute Gasteiger partial charge is 2.00 e. The number of allylic oxidation sites excluding steroid dienone is 2. The molecule has 35 heavy (non-hydrogen) atoms. The minimum absolute atomic E-state index is 0. The molecule has 0 radical (unpaired) electrons.